The van der Waals surface area contributed by atoms with E-state index in [1.54, 1.807) is 12.1 Å². The van der Waals surface area contributed by atoms with Gasteiger partial charge in [-0.15, -0.1) is 0 Å². The van der Waals surface area contributed by atoms with Gasteiger partial charge in [-0.3, -0.25) is 0 Å². The summed E-state index contributed by atoms with van der Waals surface area (Å²) in [4.78, 5) is -0.100. The van der Waals surface area contributed by atoms with Crippen LogP contribution in [-0.2, 0) is 45.9 Å². The van der Waals surface area contributed by atoms with E-state index in [2.05, 4.69) is 52.0 Å². The molecule has 4 rings (SSSR count). The minimum absolute atomic E-state index is 0. The number of unbranched alkanes of at least 4 members (excludes halogenated alkanes) is 20. The Morgan fingerprint density at radius 1 is 0.344 bits per heavy atom. The molecule has 0 radical (unpaired) electrons. The van der Waals surface area contributed by atoms with Crippen molar-refractivity contribution in [2.45, 2.75) is 217 Å². The molecular weight excluding hydrogens is 922 g/mol. The maximum Gasteiger partial charge on any atom is 2.00 e. The van der Waals surface area contributed by atoms with E-state index in [0.717, 1.165) is 97.2 Å². The monoisotopic (exact) mass is 1000 g/mol. The normalized spacial score (nSPS) is 11.8. The molecule has 0 saturated carbocycles. The summed E-state index contributed by atoms with van der Waals surface area (Å²) in [5, 5.41) is 2.89. The van der Waals surface area contributed by atoms with Crippen LogP contribution in [0.2, 0.25) is 0 Å². The van der Waals surface area contributed by atoms with Gasteiger partial charge in [0.25, 0.3) is 0 Å². The summed E-state index contributed by atoms with van der Waals surface area (Å²) in [6.45, 7) is 8.85. The Labute approximate surface area is 412 Å². The summed E-state index contributed by atoms with van der Waals surface area (Å²) < 4.78 is 71.8. The van der Waals surface area contributed by atoms with Crippen molar-refractivity contribution in [3.63, 3.8) is 0 Å². The smallest absolute Gasteiger partial charge is 0.744 e. The molecule has 0 unspecified atom stereocenters. The summed E-state index contributed by atoms with van der Waals surface area (Å²) in [7, 11) is -8.99. The third-order valence-corrected chi connectivity index (χ3v) is 13.6. The zero-order chi connectivity index (χ0) is 43.6. The van der Waals surface area contributed by atoms with Gasteiger partial charge in [-0.25, -0.2) is 16.8 Å². The second-order valence-electron chi connectivity index (χ2n) is 17.3. The molecular formula is C52H78BaO6S2. The Hall–Kier alpha value is -1.21. The van der Waals surface area contributed by atoms with Crippen molar-refractivity contribution in [2.24, 2.45) is 0 Å². The van der Waals surface area contributed by atoms with E-state index in [0.29, 0.717) is 10.8 Å². The van der Waals surface area contributed by atoms with Gasteiger partial charge in [-0.1, -0.05) is 193 Å². The van der Waals surface area contributed by atoms with Gasteiger partial charge >= 0.3 is 48.9 Å². The maximum absolute atomic E-state index is 12.0. The number of benzene rings is 4. The molecule has 9 heteroatoms. The van der Waals surface area contributed by atoms with E-state index in [9.17, 15) is 25.9 Å². The Bertz CT molecular complexity index is 1900. The fourth-order valence-electron chi connectivity index (χ4n) is 8.31. The van der Waals surface area contributed by atoms with Crippen molar-refractivity contribution in [1.82, 2.24) is 0 Å². The van der Waals surface area contributed by atoms with Crippen molar-refractivity contribution in [3.05, 3.63) is 82.9 Å². The van der Waals surface area contributed by atoms with E-state index in [1.165, 1.54) is 116 Å². The predicted molar refractivity (Wildman–Crippen MR) is 258 cm³/mol. The fraction of sp³-hybridized carbons (Fsp3) is 0.615. The first kappa shape index (κ1) is 55.9. The minimum atomic E-state index is -4.50. The zero-order valence-corrected chi connectivity index (χ0v) is 44.6. The van der Waals surface area contributed by atoms with Crippen molar-refractivity contribution in [2.75, 3.05) is 0 Å². The van der Waals surface area contributed by atoms with Crippen LogP contribution >= 0.6 is 0 Å². The van der Waals surface area contributed by atoms with Crippen LogP contribution in [0.25, 0.3) is 21.5 Å². The van der Waals surface area contributed by atoms with Crippen LogP contribution in [0.15, 0.2) is 70.5 Å². The van der Waals surface area contributed by atoms with Gasteiger partial charge in [-0.05, 0) is 119 Å². The van der Waals surface area contributed by atoms with Crippen LogP contribution in [0.3, 0.4) is 0 Å². The Kier molecular flexibility index (Phi) is 29.0. The fourth-order valence-corrected chi connectivity index (χ4v) is 9.80. The number of aryl methyl sites for hydroxylation is 4. The van der Waals surface area contributed by atoms with Gasteiger partial charge in [0.1, 0.15) is 20.2 Å². The third-order valence-electron chi connectivity index (χ3n) is 11.9. The van der Waals surface area contributed by atoms with Crippen LogP contribution in [0.5, 0.6) is 0 Å². The van der Waals surface area contributed by atoms with Crippen LogP contribution in [-0.4, -0.2) is 74.8 Å². The van der Waals surface area contributed by atoms with Crippen molar-refractivity contribution in [1.29, 1.82) is 0 Å². The van der Waals surface area contributed by atoms with Gasteiger partial charge < -0.3 is 9.11 Å². The molecule has 0 saturated heterocycles. The van der Waals surface area contributed by atoms with Crippen molar-refractivity contribution in [3.8, 4) is 0 Å². The molecule has 4 aromatic carbocycles. The Morgan fingerprint density at radius 2 is 0.607 bits per heavy atom. The SMILES string of the molecule is CCCCCCCCc1cc(S(=O)(=O)[O-])c2cc(CCCCCCCC)ccc2c1.CCCCCCCCc1cc(S(=O)(=O)[O-])c2cc(CCCCCCCC)ccc2c1.[Ba+2]. The minimum Gasteiger partial charge on any atom is -0.744 e. The molecule has 0 fully saturated rings. The maximum atomic E-state index is 12.0. The average molecular weight is 1000 g/mol. The van der Waals surface area contributed by atoms with Gasteiger partial charge in [0.05, 0.1) is 9.79 Å². The van der Waals surface area contributed by atoms with Gasteiger partial charge in [0, 0.05) is 0 Å². The molecule has 336 valence electrons. The average Bonchev–Trinajstić information content (AvgIpc) is 3.22. The topological polar surface area (TPSA) is 114 Å². The second-order valence-corrected chi connectivity index (χ2v) is 20.0. The van der Waals surface area contributed by atoms with Gasteiger partial charge in [0.2, 0.25) is 0 Å². The summed E-state index contributed by atoms with van der Waals surface area (Å²) in [6, 6.07) is 19.3. The standard InChI is InChI=1S/2C26H40O3S.Ba/c2*1-3-5-7-9-11-13-15-22-17-18-24-19-23(16-14-12-10-8-6-4-2)21-26(25(24)20-22)30(27,28)29;/h2*17-21H,3-16H2,1-2H3,(H,27,28,29);/q;;+2/p-2. The molecule has 0 aliphatic carbocycles. The zero-order valence-electron chi connectivity index (χ0n) is 38.5. The number of fused-ring (bicyclic) bond motifs is 2. The molecule has 0 bridgehead atoms. The summed E-state index contributed by atoms with van der Waals surface area (Å²) in [5.41, 5.74) is 4.14. The first-order valence-corrected chi connectivity index (χ1v) is 26.8. The largest absolute Gasteiger partial charge is 2.00 e. The third kappa shape index (κ3) is 22.0. The Morgan fingerprint density at radius 3 is 0.885 bits per heavy atom. The quantitative estimate of drug-likeness (QED) is 0.0292. The number of hydrogen-bond donors (Lipinski definition) is 0. The molecule has 61 heavy (non-hydrogen) atoms. The Balaban J connectivity index is 0.000000413. The van der Waals surface area contributed by atoms with Gasteiger partial charge in [0.15, 0.2) is 0 Å². The number of hydrogen-bond acceptors (Lipinski definition) is 6. The van der Waals surface area contributed by atoms with E-state index in [4.69, 9.17) is 0 Å². The molecule has 4 aromatic rings. The molecule has 0 aromatic heterocycles. The van der Waals surface area contributed by atoms with Crippen LogP contribution in [0, 0.1) is 0 Å². The molecule has 0 aliphatic rings. The van der Waals surface area contributed by atoms with E-state index < -0.39 is 20.2 Å². The van der Waals surface area contributed by atoms with Crippen LogP contribution in [0.4, 0.5) is 0 Å². The summed E-state index contributed by atoms with van der Waals surface area (Å²) in [6.07, 6.45) is 32.6. The summed E-state index contributed by atoms with van der Waals surface area (Å²) >= 11 is 0. The van der Waals surface area contributed by atoms with Crippen LogP contribution in [0.1, 0.15) is 204 Å². The number of rotatable bonds is 30. The predicted octanol–water partition coefficient (Wildman–Crippen LogP) is 14.7. The molecule has 0 N–H and O–H groups in total. The molecule has 0 aliphatic heterocycles. The second kappa shape index (κ2) is 31.6. The molecule has 0 spiro atoms. The molecule has 6 nitrogen and oxygen atoms in total. The molecule has 0 heterocycles. The van der Waals surface area contributed by atoms with Crippen molar-refractivity contribution >= 4 is 90.7 Å². The van der Waals surface area contributed by atoms with Crippen LogP contribution < -0.4 is 0 Å². The van der Waals surface area contributed by atoms with E-state index >= 15 is 0 Å². The van der Waals surface area contributed by atoms with Gasteiger partial charge in [-0.2, -0.15) is 0 Å². The first-order chi connectivity index (χ1) is 28.9. The first-order valence-electron chi connectivity index (χ1n) is 23.9. The van der Waals surface area contributed by atoms with Crippen molar-refractivity contribution < 1.29 is 25.9 Å². The molecule has 0 atom stereocenters. The molecule has 0 amide bonds. The summed E-state index contributed by atoms with van der Waals surface area (Å²) in [5.74, 6) is 0. The van der Waals surface area contributed by atoms with E-state index in [1.807, 2.05) is 24.3 Å². The van der Waals surface area contributed by atoms with E-state index in [-0.39, 0.29) is 58.7 Å².